The molecule has 3 heteroatoms. The summed E-state index contributed by atoms with van der Waals surface area (Å²) in [6, 6.07) is 22.4. The Labute approximate surface area is 122 Å². The fourth-order valence-electron chi connectivity index (χ4n) is 2.35. The molecular weight excluding hydrogens is 260 g/mol. The summed E-state index contributed by atoms with van der Waals surface area (Å²) in [6.07, 6.45) is 0. The van der Waals surface area contributed by atoms with Gasteiger partial charge in [-0.05, 0) is 11.1 Å². The number of hydrogen-bond acceptors (Lipinski definition) is 2. The molecule has 3 rings (SSSR count). The van der Waals surface area contributed by atoms with Crippen LogP contribution in [0.2, 0.25) is 0 Å². The average molecular weight is 273 g/mol. The number of aromatic hydroxyl groups is 1. The summed E-state index contributed by atoms with van der Waals surface area (Å²) in [5.74, 6) is 0.180. The number of nitrogens with zero attached hydrogens (tertiary/aromatic N) is 2. The Morgan fingerprint density at radius 3 is 1.52 bits per heavy atom. The van der Waals surface area contributed by atoms with Crippen molar-refractivity contribution in [2.45, 2.75) is 0 Å². The van der Waals surface area contributed by atoms with E-state index in [9.17, 15) is 5.11 Å². The number of rotatable bonds is 2. The molecule has 0 saturated heterocycles. The van der Waals surface area contributed by atoms with Crippen molar-refractivity contribution >= 4 is 5.69 Å². The molecule has 0 spiro atoms. The summed E-state index contributed by atoms with van der Waals surface area (Å²) < 4.78 is 0. The van der Waals surface area contributed by atoms with E-state index in [0.717, 1.165) is 11.1 Å². The third-order valence-corrected chi connectivity index (χ3v) is 3.38. The van der Waals surface area contributed by atoms with Crippen LogP contribution in [0.25, 0.3) is 27.2 Å². The van der Waals surface area contributed by atoms with E-state index in [1.54, 1.807) is 12.1 Å². The zero-order valence-electron chi connectivity index (χ0n) is 11.3. The van der Waals surface area contributed by atoms with Gasteiger partial charge in [-0.25, -0.2) is 0 Å². The molecule has 3 aromatic carbocycles. The van der Waals surface area contributed by atoms with Gasteiger partial charge in [0.2, 0.25) is 5.39 Å². The van der Waals surface area contributed by atoms with Crippen molar-refractivity contribution in [3.63, 3.8) is 0 Å². The minimum absolute atomic E-state index is 0.180. The standard InChI is InChI=1S/C18H12N2O/c19-20-15-11-16(13-7-3-1-4-8-13)18(21)17(12-15)14-9-5-2-6-10-14/h1-12H/p+1. The monoisotopic (exact) mass is 273 g/mol. The van der Waals surface area contributed by atoms with Gasteiger partial charge in [0, 0.05) is 23.3 Å². The number of hydrogen-bond donors (Lipinski definition) is 1. The lowest BCUT2D eigenvalue weighted by Gasteiger charge is -2.09. The summed E-state index contributed by atoms with van der Waals surface area (Å²) in [5.41, 5.74) is 3.44. The van der Waals surface area contributed by atoms with Crippen LogP contribution in [0.15, 0.2) is 72.8 Å². The number of phenolic OH excluding ortho intramolecular Hbond substituents is 1. The lowest BCUT2D eigenvalue weighted by molar-refractivity contribution is 0.479. The third kappa shape index (κ3) is 2.47. The number of diazo groups is 1. The summed E-state index contributed by atoms with van der Waals surface area (Å²) >= 11 is 0. The summed E-state index contributed by atoms with van der Waals surface area (Å²) in [5, 5.41) is 19.7. The van der Waals surface area contributed by atoms with Crippen molar-refractivity contribution in [1.82, 2.24) is 0 Å². The second-order valence-corrected chi connectivity index (χ2v) is 4.72. The highest BCUT2D eigenvalue weighted by Gasteiger charge is 2.18. The normalized spacial score (nSPS) is 10.0. The van der Waals surface area contributed by atoms with E-state index in [4.69, 9.17) is 5.39 Å². The maximum absolute atomic E-state index is 10.6. The topological polar surface area (TPSA) is 48.4 Å². The van der Waals surface area contributed by atoms with E-state index >= 15 is 0 Å². The molecule has 0 heterocycles. The van der Waals surface area contributed by atoms with Crippen LogP contribution in [0, 0.1) is 5.39 Å². The molecule has 1 N–H and O–H groups in total. The Morgan fingerprint density at radius 1 is 0.714 bits per heavy atom. The molecule has 0 unspecified atom stereocenters. The van der Waals surface area contributed by atoms with Crippen LogP contribution in [0.5, 0.6) is 5.75 Å². The second-order valence-electron chi connectivity index (χ2n) is 4.72. The zero-order chi connectivity index (χ0) is 14.7. The van der Waals surface area contributed by atoms with Crippen molar-refractivity contribution in [1.29, 1.82) is 5.39 Å². The maximum atomic E-state index is 10.6. The summed E-state index contributed by atoms with van der Waals surface area (Å²) in [4.78, 5) is 3.27. The Morgan fingerprint density at radius 2 is 1.14 bits per heavy atom. The van der Waals surface area contributed by atoms with Crippen LogP contribution in [0.3, 0.4) is 0 Å². The molecule has 21 heavy (non-hydrogen) atoms. The van der Waals surface area contributed by atoms with Crippen molar-refractivity contribution in [3.05, 3.63) is 77.8 Å². The van der Waals surface area contributed by atoms with E-state index in [2.05, 4.69) is 4.98 Å². The molecule has 0 atom stereocenters. The van der Waals surface area contributed by atoms with Gasteiger partial charge in [0.25, 0.3) is 0 Å². The van der Waals surface area contributed by atoms with Crippen LogP contribution < -0.4 is 0 Å². The predicted octanol–water partition coefficient (Wildman–Crippen LogP) is 5.21. The molecule has 3 nitrogen and oxygen atoms in total. The number of phenols is 1. The van der Waals surface area contributed by atoms with Crippen molar-refractivity contribution < 1.29 is 5.11 Å². The summed E-state index contributed by atoms with van der Waals surface area (Å²) in [6.45, 7) is 0. The van der Waals surface area contributed by atoms with E-state index in [1.165, 1.54) is 0 Å². The first-order valence-electron chi connectivity index (χ1n) is 6.62. The highest BCUT2D eigenvalue weighted by molar-refractivity contribution is 5.85. The Hall–Kier alpha value is -3.12. The van der Waals surface area contributed by atoms with Crippen molar-refractivity contribution in [3.8, 4) is 28.0 Å². The Bertz CT molecular complexity index is 745. The second kappa shape index (κ2) is 5.48. The molecule has 100 valence electrons. The fourth-order valence-corrected chi connectivity index (χ4v) is 2.35. The predicted molar refractivity (Wildman–Crippen MR) is 83.7 cm³/mol. The molecule has 0 amide bonds. The van der Waals surface area contributed by atoms with Crippen molar-refractivity contribution in [2.24, 2.45) is 0 Å². The maximum Gasteiger partial charge on any atom is 0.386 e. The average Bonchev–Trinajstić information content (AvgIpc) is 2.57. The minimum atomic E-state index is 0.180. The molecule has 0 aliphatic heterocycles. The first-order chi connectivity index (χ1) is 10.3. The Kier molecular flexibility index (Phi) is 3.36. The molecule has 0 bridgehead atoms. The van der Waals surface area contributed by atoms with Crippen LogP contribution in [-0.4, -0.2) is 5.11 Å². The minimum Gasteiger partial charge on any atom is -0.507 e. The van der Waals surface area contributed by atoms with Gasteiger partial charge in [-0.3, -0.25) is 0 Å². The molecule has 0 aliphatic rings. The van der Waals surface area contributed by atoms with Crippen LogP contribution in [0.4, 0.5) is 5.69 Å². The van der Waals surface area contributed by atoms with E-state index in [1.807, 2.05) is 60.7 Å². The molecule has 0 aromatic heterocycles. The van der Waals surface area contributed by atoms with E-state index in [0.29, 0.717) is 16.8 Å². The molecule has 3 aromatic rings. The lowest BCUT2D eigenvalue weighted by Crippen LogP contribution is -1.84. The highest BCUT2D eigenvalue weighted by atomic mass is 16.3. The van der Waals surface area contributed by atoms with Gasteiger partial charge in [0.1, 0.15) is 5.75 Å². The van der Waals surface area contributed by atoms with E-state index in [-0.39, 0.29) is 5.75 Å². The van der Waals surface area contributed by atoms with Crippen LogP contribution in [-0.2, 0) is 0 Å². The first kappa shape index (κ1) is 12.9. The lowest BCUT2D eigenvalue weighted by atomic mass is 9.96. The quantitative estimate of drug-likeness (QED) is 0.651. The molecule has 0 aliphatic carbocycles. The van der Waals surface area contributed by atoms with Crippen LogP contribution >= 0.6 is 0 Å². The fraction of sp³-hybridized carbons (Fsp3) is 0. The SMILES string of the molecule is N#[N+]c1cc(-c2ccccc2)c(O)c(-c2ccccc2)c1. The smallest absolute Gasteiger partial charge is 0.386 e. The van der Waals surface area contributed by atoms with Crippen molar-refractivity contribution in [2.75, 3.05) is 0 Å². The van der Waals surface area contributed by atoms with Gasteiger partial charge < -0.3 is 5.11 Å². The zero-order valence-corrected chi connectivity index (χ0v) is 11.3. The molecule has 0 saturated carbocycles. The molecular formula is C18H13N2O+. The van der Waals surface area contributed by atoms with E-state index < -0.39 is 0 Å². The van der Waals surface area contributed by atoms with Gasteiger partial charge in [0.05, 0.1) is 0 Å². The van der Waals surface area contributed by atoms with Gasteiger partial charge >= 0.3 is 5.69 Å². The highest BCUT2D eigenvalue weighted by Crippen LogP contribution is 2.41. The largest absolute Gasteiger partial charge is 0.507 e. The third-order valence-electron chi connectivity index (χ3n) is 3.38. The van der Waals surface area contributed by atoms with Gasteiger partial charge in [-0.2, -0.15) is 0 Å². The molecule has 0 radical (unpaired) electrons. The first-order valence-corrected chi connectivity index (χ1v) is 6.62. The number of benzene rings is 3. The van der Waals surface area contributed by atoms with Gasteiger partial charge in [-0.1, -0.05) is 60.7 Å². The van der Waals surface area contributed by atoms with Crippen LogP contribution in [0.1, 0.15) is 0 Å². The van der Waals surface area contributed by atoms with Gasteiger partial charge in [-0.15, -0.1) is 0 Å². The Balaban J connectivity index is 2.26. The molecule has 0 fully saturated rings. The summed E-state index contributed by atoms with van der Waals surface area (Å²) in [7, 11) is 0. The van der Waals surface area contributed by atoms with Gasteiger partial charge in [0.15, 0.2) is 4.98 Å².